The molecule has 1 aromatic carbocycles. The molecule has 5 heteroatoms. The minimum Gasteiger partial charge on any atom is -0.348 e. The van der Waals surface area contributed by atoms with Crippen LogP contribution in [0.5, 0.6) is 0 Å². The average molecular weight is 381 g/mol. The maximum atomic E-state index is 12.0. The SMILES string of the molecule is CCC(CSC)NC(=O)c1cc(Br)cc(Br)c1. The summed E-state index contributed by atoms with van der Waals surface area (Å²) in [5, 5.41) is 3.04. The quantitative estimate of drug-likeness (QED) is 0.833. The Hall–Kier alpha value is -0.000000000000000111. The molecule has 0 bridgehead atoms. The van der Waals surface area contributed by atoms with Crippen molar-refractivity contribution in [1.29, 1.82) is 0 Å². The van der Waals surface area contributed by atoms with Crippen LogP contribution in [0.4, 0.5) is 0 Å². The number of amides is 1. The average Bonchev–Trinajstić information content (AvgIpc) is 2.27. The van der Waals surface area contributed by atoms with E-state index < -0.39 is 0 Å². The Kier molecular flexibility index (Phi) is 6.59. The first-order valence-corrected chi connectivity index (χ1v) is 8.30. The van der Waals surface area contributed by atoms with Gasteiger partial charge in [-0.3, -0.25) is 4.79 Å². The van der Waals surface area contributed by atoms with E-state index in [2.05, 4.69) is 44.1 Å². The number of halogens is 2. The molecule has 0 aliphatic rings. The molecule has 0 radical (unpaired) electrons. The molecule has 0 heterocycles. The Morgan fingerprint density at radius 3 is 2.41 bits per heavy atom. The van der Waals surface area contributed by atoms with Crippen molar-refractivity contribution in [3.8, 4) is 0 Å². The Morgan fingerprint density at radius 2 is 1.94 bits per heavy atom. The second kappa shape index (κ2) is 7.44. The van der Waals surface area contributed by atoms with Crippen LogP contribution in [0.15, 0.2) is 27.1 Å². The molecule has 1 amide bonds. The Labute approximate surface area is 123 Å². The van der Waals surface area contributed by atoms with Crippen LogP contribution in [0.1, 0.15) is 23.7 Å². The molecule has 1 rings (SSSR count). The Balaban J connectivity index is 2.75. The third-order valence-corrected chi connectivity index (χ3v) is 3.97. The maximum absolute atomic E-state index is 12.0. The lowest BCUT2D eigenvalue weighted by Crippen LogP contribution is -2.36. The highest BCUT2D eigenvalue weighted by Crippen LogP contribution is 2.20. The predicted octanol–water partition coefficient (Wildman–Crippen LogP) is 4.08. The van der Waals surface area contributed by atoms with Crippen LogP contribution in [0, 0.1) is 0 Å². The van der Waals surface area contributed by atoms with E-state index in [9.17, 15) is 4.79 Å². The molecular formula is C12H15Br2NOS. The number of carbonyl (C=O) groups is 1. The molecule has 0 saturated heterocycles. The van der Waals surface area contributed by atoms with Crippen LogP contribution in [-0.2, 0) is 0 Å². The van der Waals surface area contributed by atoms with Gasteiger partial charge in [-0.15, -0.1) is 0 Å². The lowest BCUT2D eigenvalue weighted by Gasteiger charge is -2.15. The molecule has 94 valence electrons. The molecule has 1 unspecified atom stereocenters. The Bertz CT molecular complexity index is 378. The number of hydrogen-bond donors (Lipinski definition) is 1. The summed E-state index contributed by atoms with van der Waals surface area (Å²) in [4.78, 5) is 12.0. The molecule has 2 nitrogen and oxygen atoms in total. The van der Waals surface area contributed by atoms with E-state index in [1.807, 2.05) is 24.5 Å². The maximum Gasteiger partial charge on any atom is 0.251 e. The number of thioether (sulfide) groups is 1. The second-order valence-electron chi connectivity index (χ2n) is 3.69. The Morgan fingerprint density at radius 1 is 1.35 bits per heavy atom. The van der Waals surface area contributed by atoms with Crippen molar-refractivity contribution in [3.05, 3.63) is 32.7 Å². The lowest BCUT2D eigenvalue weighted by atomic mass is 10.2. The summed E-state index contributed by atoms with van der Waals surface area (Å²) in [6.45, 7) is 2.08. The highest BCUT2D eigenvalue weighted by Gasteiger charge is 2.12. The van der Waals surface area contributed by atoms with E-state index in [1.54, 1.807) is 11.8 Å². The van der Waals surface area contributed by atoms with Crippen molar-refractivity contribution < 1.29 is 4.79 Å². The van der Waals surface area contributed by atoms with Gasteiger partial charge in [-0.2, -0.15) is 11.8 Å². The van der Waals surface area contributed by atoms with E-state index in [0.717, 1.165) is 21.1 Å². The number of carbonyl (C=O) groups excluding carboxylic acids is 1. The highest BCUT2D eigenvalue weighted by molar-refractivity contribution is 9.11. The normalized spacial score (nSPS) is 12.2. The topological polar surface area (TPSA) is 29.1 Å². The third-order valence-electron chi connectivity index (χ3n) is 2.32. The van der Waals surface area contributed by atoms with Crippen molar-refractivity contribution >= 4 is 49.5 Å². The van der Waals surface area contributed by atoms with Crippen LogP contribution in [0.25, 0.3) is 0 Å². The van der Waals surface area contributed by atoms with Crippen molar-refractivity contribution in [1.82, 2.24) is 5.32 Å². The van der Waals surface area contributed by atoms with Gasteiger partial charge >= 0.3 is 0 Å². The molecule has 0 aliphatic carbocycles. The van der Waals surface area contributed by atoms with Gasteiger partial charge in [0, 0.05) is 26.3 Å². The van der Waals surface area contributed by atoms with Crippen molar-refractivity contribution in [3.63, 3.8) is 0 Å². The van der Waals surface area contributed by atoms with Crippen molar-refractivity contribution in [2.24, 2.45) is 0 Å². The summed E-state index contributed by atoms with van der Waals surface area (Å²) in [6.07, 6.45) is 2.99. The van der Waals surface area contributed by atoms with Crippen LogP contribution >= 0.6 is 43.6 Å². The van der Waals surface area contributed by atoms with Crippen LogP contribution in [0.3, 0.4) is 0 Å². The fourth-order valence-electron chi connectivity index (χ4n) is 1.42. The zero-order chi connectivity index (χ0) is 12.8. The molecule has 1 atom stereocenters. The smallest absolute Gasteiger partial charge is 0.251 e. The van der Waals surface area contributed by atoms with E-state index in [-0.39, 0.29) is 11.9 Å². The highest BCUT2D eigenvalue weighted by atomic mass is 79.9. The summed E-state index contributed by atoms with van der Waals surface area (Å²) < 4.78 is 1.80. The first kappa shape index (κ1) is 15.1. The molecule has 0 fully saturated rings. The van der Waals surface area contributed by atoms with Gasteiger partial charge in [0.2, 0.25) is 0 Å². The van der Waals surface area contributed by atoms with Gasteiger partial charge in [-0.25, -0.2) is 0 Å². The summed E-state index contributed by atoms with van der Waals surface area (Å²) in [6, 6.07) is 5.79. The van der Waals surface area contributed by atoms with Crippen LogP contribution < -0.4 is 5.32 Å². The summed E-state index contributed by atoms with van der Waals surface area (Å²) in [5.41, 5.74) is 0.672. The first-order chi connectivity index (χ1) is 8.06. The van der Waals surface area contributed by atoms with Crippen LogP contribution in [0.2, 0.25) is 0 Å². The van der Waals surface area contributed by atoms with E-state index in [0.29, 0.717) is 5.56 Å². The van der Waals surface area contributed by atoms with Gasteiger partial charge < -0.3 is 5.32 Å². The fraction of sp³-hybridized carbons (Fsp3) is 0.417. The minimum absolute atomic E-state index is 0.0205. The number of hydrogen-bond acceptors (Lipinski definition) is 2. The molecule has 0 saturated carbocycles. The monoisotopic (exact) mass is 379 g/mol. The van der Waals surface area contributed by atoms with Gasteiger partial charge in [0.15, 0.2) is 0 Å². The molecule has 0 aliphatic heterocycles. The van der Waals surface area contributed by atoms with Gasteiger partial charge in [-0.1, -0.05) is 38.8 Å². The van der Waals surface area contributed by atoms with E-state index in [1.165, 1.54) is 0 Å². The number of rotatable bonds is 5. The van der Waals surface area contributed by atoms with E-state index >= 15 is 0 Å². The van der Waals surface area contributed by atoms with Crippen molar-refractivity contribution in [2.75, 3.05) is 12.0 Å². The number of nitrogens with one attached hydrogen (secondary N) is 1. The number of benzene rings is 1. The van der Waals surface area contributed by atoms with Crippen LogP contribution in [-0.4, -0.2) is 24.0 Å². The minimum atomic E-state index is -0.0205. The standard InChI is InChI=1S/C12H15Br2NOS/c1-3-11(7-17-2)15-12(16)8-4-9(13)6-10(14)5-8/h4-6,11H,3,7H2,1-2H3,(H,15,16). The molecule has 1 N–H and O–H groups in total. The van der Waals surface area contributed by atoms with Gasteiger partial charge in [0.25, 0.3) is 5.91 Å². The lowest BCUT2D eigenvalue weighted by molar-refractivity contribution is 0.0940. The van der Waals surface area contributed by atoms with Gasteiger partial charge in [0.05, 0.1) is 0 Å². The zero-order valence-electron chi connectivity index (χ0n) is 9.80. The largest absolute Gasteiger partial charge is 0.348 e. The summed E-state index contributed by atoms with van der Waals surface area (Å²) >= 11 is 8.51. The summed E-state index contributed by atoms with van der Waals surface area (Å²) in [7, 11) is 0. The van der Waals surface area contributed by atoms with E-state index in [4.69, 9.17) is 0 Å². The molecule has 0 spiro atoms. The first-order valence-electron chi connectivity index (χ1n) is 5.32. The third kappa shape index (κ3) is 5.02. The predicted molar refractivity (Wildman–Crippen MR) is 81.8 cm³/mol. The van der Waals surface area contributed by atoms with Gasteiger partial charge in [0.1, 0.15) is 0 Å². The summed E-state index contributed by atoms with van der Waals surface area (Å²) in [5.74, 6) is 0.921. The second-order valence-corrected chi connectivity index (χ2v) is 6.43. The molecule has 1 aromatic rings. The van der Waals surface area contributed by atoms with Gasteiger partial charge in [-0.05, 0) is 30.9 Å². The molecular weight excluding hydrogens is 366 g/mol. The zero-order valence-corrected chi connectivity index (χ0v) is 13.8. The molecule has 17 heavy (non-hydrogen) atoms. The fourth-order valence-corrected chi connectivity index (χ4v) is 3.43. The van der Waals surface area contributed by atoms with Crippen molar-refractivity contribution in [2.45, 2.75) is 19.4 Å². The molecule has 0 aromatic heterocycles.